The number of nitro benzene ring substituents is 1. The number of halogens is 1. The summed E-state index contributed by atoms with van der Waals surface area (Å²) in [5.74, 6) is 0. The van der Waals surface area contributed by atoms with Gasteiger partial charge in [0.25, 0.3) is 11.2 Å². The SMILES string of the molecule is O=c1[nH]c2cc(Cl)c([N+](=O)[O-])cc2c2ccccc12. The highest BCUT2D eigenvalue weighted by Gasteiger charge is 2.15. The second kappa shape index (κ2) is 4.07. The van der Waals surface area contributed by atoms with Crippen LogP contribution < -0.4 is 5.56 Å². The number of pyridine rings is 1. The Hall–Kier alpha value is -2.40. The number of nitro groups is 1. The van der Waals surface area contributed by atoms with Crippen molar-refractivity contribution in [2.75, 3.05) is 0 Å². The molecule has 0 bridgehead atoms. The molecule has 0 aliphatic carbocycles. The van der Waals surface area contributed by atoms with Gasteiger partial charge in [-0.2, -0.15) is 0 Å². The molecule has 19 heavy (non-hydrogen) atoms. The fourth-order valence-corrected chi connectivity index (χ4v) is 2.37. The van der Waals surface area contributed by atoms with Crippen molar-refractivity contribution < 1.29 is 4.92 Å². The maximum Gasteiger partial charge on any atom is 0.288 e. The van der Waals surface area contributed by atoms with E-state index in [1.165, 1.54) is 12.1 Å². The summed E-state index contributed by atoms with van der Waals surface area (Å²) in [6, 6.07) is 9.74. The Morgan fingerprint density at radius 2 is 1.79 bits per heavy atom. The van der Waals surface area contributed by atoms with Gasteiger partial charge in [0.1, 0.15) is 5.02 Å². The first-order valence-electron chi connectivity index (χ1n) is 5.46. The van der Waals surface area contributed by atoms with Crippen LogP contribution in [0, 0.1) is 10.1 Å². The molecule has 0 unspecified atom stereocenters. The number of rotatable bonds is 1. The molecule has 3 rings (SSSR count). The molecule has 2 aromatic carbocycles. The first-order chi connectivity index (χ1) is 9.08. The molecule has 5 nitrogen and oxygen atoms in total. The smallest absolute Gasteiger partial charge is 0.288 e. The monoisotopic (exact) mass is 274 g/mol. The highest BCUT2D eigenvalue weighted by molar-refractivity contribution is 6.33. The number of aromatic amines is 1. The van der Waals surface area contributed by atoms with E-state index in [1.807, 2.05) is 0 Å². The summed E-state index contributed by atoms with van der Waals surface area (Å²) in [6.07, 6.45) is 0. The van der Waals surface area contributed by atoms with Crippen molar-refractivity contribution in [1.82, 2.24) is 4.98 Å². The van der Waals surface area contributed by atoms with Gasteiger partial charge in [-0.3, -0.25) is 14.9 Å². The molecule has 1 N–H and O–H groups in total. The average molecular weight is 275 g/mol. The molecular weight excluding hydrogens is 268 g/mol. The van der Waals surface area contributed by atoms with Crippen molar-refractivity contribution >= 4 is 39.0 Å². The number of hydrogen-bond acceptors (Lipinski definition) is 3. The second-order valence-corrected chi connectivity index (χ2v) is 4.51. The maximum absolute atomic E-state index is 11.9. The second-order valence-electron chi connectivity index (χ2n) is 4.11. The van der Waals surface area contributed by atoms with Crippen molar-refractivity contribution in [1.29, 1.82) is 0 Å². The number of nitrogens with zero attached hydrogens (tertiary/aromatic N) is 1. The number of nitrogens with one attached hydrogen (secondary N) is 1. The van der Waals surface area contributed by atoms with Crippen LogP contribution in [0.2, 0.25) is 5.02 Å². The molecule has 0 saturated heterocycles. The molecule has 94 valence electrons. The van der Waals surface area contributed by atoms with Gasteiger partial charge in [0.05, 0.1) is 10.4 Å². The van der Waals surface area contributed by atoms with Crippen molar-refractivity contribution in [2.24, 2.45) is 0 Å². The van der Waals surface area contributed by atoms with Gasteiger partial charge < -0.3 is 4.98 Å². The Bertz CT molecular complexity index is 886. The van der Waals surface area contributed by atoms with Crippen LogP contribution in [-0.2, 0) is 0 Å². The summed E-state index contributed by atoms with van der Waals surface area (Å²) in [6.45, 7) is 0. The summed E-state index contributed by atoms with van der Waals surface area (Å²) < 4.78 is 0. The van der Waals surface area contributed by atoms with Crippen LogP contribution in [0.4, 0.5) is 5.69 Å². The molecule has 3 aromatic rings. The van der Waals surface area contributed by atoms with E-state index in [-0.39, 0.29) is 16.3 Å². The quantitative estimate of drug-likeness (QED) is 0.420. The predicted molar refractivity (Wildman–Crippen MR) is 73.7 cm³/mol. The molecule has 0 atom stereocenters. The zero-order chi connectivity index (χ0) is 13.6. The molecule has 1 aromatic heterocycles. The Morgan fingerprint density at radius 3 is 2.47 bits per heavy atom. The van der Waals surface area contributed by atoms with Crippen LogP contribution in [0.1, 0.15) is 0 Å². The van der Waals surface area contributed by atoms with E-state index >= 15 is 0 Å². The van der Waals surface area contributed by atoms with Crippen LogP contribution >= 0.6 is 11.6 Å². The highest BCUT2D eigenvalue weighted by atomic mass is 35.5. The first-order valence-corrected chi connectivity index (χ1v) is 5.84. The fraction of sp³-hybridized carbons (Fsp3) is 0. The zero-order valence-electron chi connectivity index (χ0n) is 9.51. The van der Waals surface area contributed by atoms with Crippen LogP contribution in [-0.4, -0.2) is 9.91 Å². The highest BCUT2D eigenvalue weighted by Crippen LogP contribution is 2.31. The molecule has 0 spiro atoms. The Labute approximate surface area is 111 Å². The minimum absolute atomic E-state index is 0.00318. The van der Waals surface area contributed by atoms with Crippen LogP contribution in [0.25, 0.3) is 21.7 Å². The predicted octanol–water partition coefficient (Wildman–Crippen LogP) is 3.24. The lowest BCUT2D eigenvalue weighted by molar-refractivity contribution is -0.384. The van der Waals surface area contributed by atoms with Gasteiger partial charge in [-0.1, -0.05) is 29.8 Å². The number of fused-ring (bicyclic) bond motifs is 3. The summed E-state index contributed by atoms with van der Waals surface area (Å²) in [7, 11) is 0. The Balaban J connectivity index is 2.57. The Morgan fingerprint density at radius 1 is 1.11 bits per heavy atom. The molecule has 0 radical (unpaired) electrons. The summed E-state index contributed by atoms with van der Waals surface area (Å²) in [5, 5.41) is 12.7. The van der Waals surface area contributed by atoms with Crippen molar-refractivity contribution in [2.45, 2.75) is 0 Å². The number of H-pyrrole nitrogens is 1. The molecule has 0 amide bonds. The molecule has 0 aliphatic heterocycles. The Kier molecular flexibility index (Phi) is 2.50. The van der Waals surface area contributed by atoms with Crippen LogP contribution in [0.15, 0.2) is 41.2 Å². The molecule has 1 heterocycles. The largest absolute Gasteiger partial charge is 0.321 e. The molecular formula is C13H7ClN2O3. The maximum atomic E-state index is 11.9. The van der Waals surface area contributed by atoms with E-state index in [2.05, 4.69) is 4.98 Å². The first kappa shape index (κ1) is 11.7. The average Bonchev–Trinajstić information content (AvgIpc) is 2.38. The van der Waals surface area contributed by atoms with Gasteiger partial charge >= 0.3 is 0 Å². The van der Waals surface area contributed by atoms with Gasteiger partial charge in [-0.15, -0.1) is 0 Å². The van der Waals surface area contributed by atoms with Crippen LogP contribution in [0.5, 0.6) is 0 Å². The van der Waals surface area contributed by atoms with Crippen molar-refractivity contribution in [3.8, 4) is 0 Å². The zero-order valence-corrected chi connectivity index (χ0v) is 10.3. The normalized spacial score (nSPS) is 11.0. The minimum atomic E-state index is -0.540. The van der Waals surface area contributed by atoms with Gasteiger partial charge in [-0.05, 0) is 17.5 Å². The van der Waals surface area contributed by atoms with Crippen molar-refractivity contribution in [3.63, 3.8) is 0 Å². The number of aromatic nitrogens is 1. The molecule has 0 fully saturated rings. The third-order valence-electron chi connectivity index (χ3n) is 2.99. The third-order valence-corrected chi connectivity index (χ3v) is 3.30. The standard InChI is InChI=1S/C13H7ClN2O3/c14-10-6-11-9(5-12(10)16(18)19)7-3-1-2-4-8(7)13(17)15-11/h1-6H,(H,15,17). The van der Waals surface area contributed by atoms with Gasteiger partial charge in [-0.25, -0.2) is 0 Å². The molecule has 0 saturated carbocycles. The van der Waals surface area contributed by atoms with Gasteiger partial charge in [0.15, 0.2) is 0 Å². The minimum Gasteiger partial charge on any atom is -0.321 e. The fourth-order valence-electron chi connectivity index (χ4n) is 2.13. The molecule has 6 heteroatoms. The van der Waals surface area contributed by atoms with E-state index in [9.17, 15) is 14.9 Å². The third kappa shape index (κ3) is 1.75. The van der Waals surface area contributed by atoms with E-state index in [0.29, 0.717) is 21.7 Å². The van der Waals surface area contributed by atoms with E-state index < -0.39 is 4.92 Å². The van der Waals surface area contributed by atoms with E-state index in [0.717, 1.165) is 0 Å². The molecule has 0 aliphatic rings. The van der Waals surface area contributed by atoms with Gasteiger partial charge in [0, 0.05) is 16.8 Å². The van der Waals surface area contributed by atoms with Crippen molar-refractivity contribution in [3.05, 3.63) is 61.9 Å². The van der Waals surface area contributed by atoms with E-state index in [1.54, 1.807) is 24.3 Å². The van der Waals surface area contributed by atoms with E-state index in [4.69, 9.17) is 11.6 Å². The lowest BCUT2D eigenvalue weighted by atomic mass is 10.1. The lowest BCUT2D eigenvalue weighted by Gasteiger charge is -2.04. The summed E-state index contributed by atoms with van der Waals surface area (Å²) >= 11 is 5.84. The lowest BCUT2D eigenvalue weighted by Crippen LogP contribution is -2.06. The van der Waals surface area contributed by atoms with Gasteiger partial charge in [0.2, 0.25) is 0 Å². The summed E-state index contributed by atoms with van der Waals surface area (Å²) in [4.78, 5) is 24.9. The van der Waals surface area contributed by atoms with Crippen LogP contribution in [0.3, 0.4) is 0 Å². The number of hydrogen-bond donors (Lipinski definition) is 1. The summed E-state index contributed by atoms with van der Waals surface area (Å²) in [5.41, 5.74) is 0.0682. The topological polar surface area (TPSA) is 76.0 Å². The number of benzene rings is 2.